The van der Waals surface area contributed by atoms with E-state index in [4.69, 9.17) is 9.15 Å². The number of ether oxygens (including phenoxy) is 1. The molecule has 0 atom stereocenters. The zero-order chi connectivity index (χ0) is 21.8. The number of alkyl halides is 1. The van der Waals surface area contributed by atoms with Crippen LogP contribution < -0.4 is 10.1 Å². The van der Waals surface area contributed by atoms with Crippen LogP contribution in [-0.4, -0.2) is 53.4 Å². The van der Waals surface area contributed by atoms with Gasteiger partial charge in [-0.25, -0.2) is 13.6 Å². The standard InChI is InChI=1S/C22H23F2N3O4/c23-8-11-30-19-12-14(4-5-17(19)24)13-27-9-6-15(7-10-27)25-22-26-18-3-1-2-16(21(28)29)20(18)31-22/h1-5,12,15H,6-11,13H2,(H,25,26)(H,28,29). The first-order chi connectivity index (χ1) is 15.0. The van der Waals surface area contributed by atoms with Gasteiger partial charge in [-0.3, -0.25) is 4.90 Å². The third-order valence-corrected chi connectivity index (χ3v) is 5.30. The lowest BCUT2D eigenvalue weighted by molar-refractivity contribution is 0.0698. The number of rotatable bonds is 8. The molecular weight excluding hydrogens is 408 g/mol. The highest BCUT2D eigenvalue weighted by molar-refractivity contribution is 6.00. The smallest absolute Gasteiger partial charge is 0.339 e. The maximum atomic E-state index is 13.8. The fourth-order valence-corrected chi connectivity index (χ4v) is 3.75. The van der Waals surface area contributed by atoms with Crippen molar-refractivity contribution in [1.82, 2.24) is 9.88 Å². The van der Waals surface area contributed by atoms with E-state index < -0.39 is 18.5 Å². The Balaban J connectivity index is 1.34. The topological polar surface area (TPSA) is 87.8 Å². The molecule has 0 unspecified atom stereocenters. The average Bonchev–Trinajstić information content (AvgIpc) is 3.17. The van der Waals surface area contributed by atoms with Gasteiger partial charge in [-0.15, -0.1) is 0 Å². The minimum atomic E-state index is -1.05. The average molecular weight is 431 g/mol. The maximum absolute atomic E-state index is 13.8. The van der Waals surface area contributed by atoms with Gasteiger partial charge in [0.05, 0.1) is 0 Å². The Bertz CT molecular complexity index is 1060. The summed E-state index contributed by atoms with van der Waals surface area (Å²) in [6.07, 6.45) is 1.69. The second-order valence-electron chi connectivity index (χ2n) is 7.47. The predicted molar refractivity (Wildman–Crippen MR) is 111 cm³/mol. The molecule has 0 aliphatic carbocycles. The highest BCUT2D eigenvalue weighted by atomic mass is 19.1. The molecule has 1 aliphatic heterocycles. The van der Waals surface area contributed by atoms with E-state index in [1.54, 1.807) is 24.3 Å². The van der Waals surface area contributed by atoms with E-state index in [1.807, 2.05) is 0 Å². The number of aromatic carboxylic acids is 1. The summed E-state index contributed by atoms with van der Waals surface area (Å²) in [5.74, 6) is -1.48. The summed E-state index contributed by atoms with van der Waals surface area (Å²) in [4.78, 5) is 17.9. The normalized spacial score (nSPS) is 15.3. The van der Waals surface area contributed by atoms with E-state index in [9.17, 15) is 18.7 Å². The number of carboxylic acid groups (broad SMARTS) is 1. The molecule has 1 aromatic heterocycles. The number of carbonyl (C=O) groups is 1. The Morgan fingerprint density at radius 3 is 2.84 bits per heavy atom. The third kappa shape index (κ3) is 4.93. The Morgan fingerprint density at radius 1 is 1.29 bits per heavy atom. The fourth-order valence-electron chi connectivity index (χ4n) is 3.75. The second-order valence-corrected chi connectivity index (χ2v) is 7.47. The van der Waals surface area contributed by atoms with Crippen molar-refractivity contribution in [1.29, 1.82) is 0 Å². The van der Waals surface area contributed by atoms with E-state index >= 15 is 0 Å². The maximum Gasteiger partial charge on any atom is 0.339 e. The van der Waals surface area contributed by atoms with Crippen LogP contribution in [0.25, 0.3) is 11.1 Å². The molecule has 2 heterocycles. The molecule has 7 nitrogen and oxygen atoms in total. The number of benzene rings is 2. The molecule has 1 saturated heterocycles. The van der Waals surface area contributed by atoms with Crippen LogP contribution in [0.4, 0.5) is 14.8 Å². The third-order valence-electron chi connectivity index (χ3n) is 5.30. The monoisotopic (exact) mass is 431 g/mol. The number of aromatic nitrogens is 1. The number of likely N-dealkylation sites (tertiary alicyclic amines) is 1. The van der Waals surface area contributed by atoms with Crippen molar-refractivity contribution in [2.24, 2.45) is 0 Å². The van der Waals surface area contributed by atoms with E-state index in [2.05, 4.69) is 15.2 Å². The Hall–Kier alpha value is -3.20. The fraction of sp³-hybridized carbons (Fsp3) is 0.364. The van der Waals surface area contributed by atoms with Gasteiger partial charge in [-0.05, 0) is 42.7 Å². The first-order valence-electron chi connectivity index (χ1n) is 10.1. The Labute approximate surface area is 177 Å². The number of hydrogen-bond acceptors (Lipinski definition) is 6. The molecule has 2 aromatic carbocycles. The van der Waals surface area contributed by atoms with Crippen LogP contribution >= 0.6 is 0 Å². The van der Waals surface area contributed by atoms with Crippen LogP contribution in [0.5, 0.6) is 5.75 Å². The molecule has 0 spiro atoms. The summed E-state index contributed by atoms with van der Waals surface area (Å²) in [5.41, 5.74) is 1.75. The highest BCUT2D eigenvalue weighted by Gasteiger charge is 2.22. The second kappa shape index (κ2) is 9.30. The minimum absolute atomic E-state index is 0.0726. The summed E-state index contributed by atoms with van der Waals surface area (Å²) >= 11 is 0. The number of nitrogens with one attached hydrogen (secondary N) is 1. The summed E-state index contributed by atoms with van der Waals surface area (Å²) < 4.78 is 36.8. The molecule has 0 radical (unpaired) electrons. The van der Waals surface area contributed by atoms with Crippen LogP contribution in [0.2, 0.25) is 0 Å². The molecular formula is C22H23F2N3O4. The minimum Gasteiger partial charge on any atom is -0.488 e. The van der Waals surface area contributed by atoms with Crippen molar-refractivity contribution in [2.75, 3.05) is 31.7 Å². The van der Waals surface area contributed by atoms with Crippen LogP contribution in [-0.2, 0) is 6.54 Å². The largest absolute Gasteiger partial charge is 0.488 e. The van der Waals surface area contributed by atoms with Gasteiger partial charge in [0.15, 0.2) is 17.1 Å². The quantitative estimate of drug-likeness (QED) is 0.555. The van der Waals surface area contributed by atoms with Crippen molar-refractivity contribution in [3.63, 3.8) is 0 Å². The molecule has 4 rings (SSSR count). The van der Waals surface area contributed by atoms with Gasteiger partial charge in [0.2, 0.25) is 0 Å². The van der Waals surface area contributed by atoms with E-state index in [0.29, 0.717) is 18.1 Å². The van der Waals surface area contributed by atoms with Crippen molar-refractivity contribution < 1.29 is 27.8 Å². The summed E-state index contributed by atoms with van der Waals surface area (Å²) in [5, 5.41) is 12.5. The number of anilines is 1. The van der Waals surface area contributed by atoms with E-state index in [0.717, 1.165) is 31.5 Å². The van der Waals surface area contributed by atoms with E-state index in [-0.39, 0.29) is 29.5 Å². The number of nitrogens with zero attached hydrogens (tertiary/aromatic N) is 2. The number of piperidine rings is 1. The van der Waals surface area contributed by atoms with Crippen molar-refractivity contribution in [2.45, 2.75) is 25.4 Å². The first kappa shape index (κ1) is 21.0. The molecule has 0 saturated carbocycles. The van der Waals surface area contributed by atoms with Crippen molar-refractivity contribution in [3.05, 3.63) is 53.3 Å². The molecule has 9 heteroatoms. The van der Waals surface area contributed by atoms with Gasteiger partial charge in [0.25, 0.3) is 6.01 Å². The number of hydrogen-bond donors (Lipinski definition) is 2. The van der Waals surface area contributed by atoms with Crippen LogP contribution in [0.3, 0.4) is 0 Å². The summed E-state index contributed by atoms with van der Waals surface area (Å²) in [6, 6.07) is 9.98. The Kier molecular flexibility index (Phi) is 6.31. The number of fused-ring (bicyclic) bond motifs is 1. The summed E-state index contributed by atoms with van der Waals surface area (Å²) in [7, 11) is 0. The number of para-hydroxylation sites is 1. The number of oxazole rings is 1. The molecule has 0 amide bonds. The molecule has 0 bridgehead atoms. The Morgan fingerprint density at radius 2 is 2.10 bits per heavy atom. The first-order valence-corrected chi connectivity index (χ1v) is 10.1. The predicted octanol–water partition coefficient (Wildman–Crippen LogP) is 4.09. The van der Waals surface area contributed by atoms with Crippen molar-refractivity contribution in [3.8, 4) is 5.75 Å². The van der Waals surface area contributed by atoms with E-state index in [1.165, 1.54) is 12.1 Å². The number of carboxylic acids is 1. The van der Waals surface area contributed by atoms with Gasteiger partial charge in [0.1, 0.15) is 24.4 Å². The van der Waals surface area contributed by atoms with Gasteiger partial charge < -0.3 is 19.6 Å². The molecule has 164 valence electrons. The zero-order valence-corrected chi connectivity index (χ0v) is 16.8. The lowest BCUT2D eigenvalue weighted by Gasteiger charge is -2.32. The zero-order valence-electron chi connectivity index (χ0n) is 16.8. The lowest BCUT2D eigenvalue weighted by Crippen LogP contribution is -2.38. The summed E-state index contributed by atoms with van der Waals surface area (Å²) in [6.45, 7) is 1.44. The van der Waals surface area contributed by atoms with Gasteiger partial charge in [-0.2, -0.15) is 4.98 Å². The van der Waals surface area contributed by atoms with Gasteiger partial charge >= 0.3 is 5.97 Å². The SMILES string of the molecule is O=C(O)c1cccc2nc(NC3CCN(Cc4ccc(F)c(OCCF)c4)CC3)oc12. The molecule has 31 heavy (non-hydrogen) atoms. The molecule has 3 aromatic rings. The highest BCUT2D eigenvalue weighted by Crippen LogP contribution is 2.25. The number of halogens is 2. The van der Waals surface area contributed by atoms with Crippen LogP contribution in [0.15, 0.2) is 40.8 Å². The molecule has 1 fully saturated rings. The van der Waals surface area contributed by atoms with Crippen LogP contribution in [0.1, 0.15) is 28.8 Å². The molecule has 2 N–H and O–H groups in total. The molecule has 1 aliphatic rings. The van der Waals surface area contributed by atoms with Gasteiger partial charge in [0, 0.05) is 25.7 Å². The van der Waals surface area contributed by atoms with Crippen LogP contribution in [0, 0.1) is 5.82 Å². The van der Waals surface area contributed by atoms with Crippen molar-refractivity contribution >= 4 is 23.1 Å². The lowest BCUT2D eigenvalue weighted by atomic mass is 10.0. The van der Waals surface area contributed by atoms with Gasteiger partial charge in [-0.1, -0.05) is 12.1 Å².